The van der Waals surface area contributed by atoms with Gasteiger partial charge >= 0.3 is 0 Å². The van der Waals surface area contributed by atoms with Crippen LogP contribution >= 0.6 is 0 Å². The van der Waals surface area contributed by atoms with E-state index in [0.29, 0.717) is 6.41 Å². The van der Waals surface area contributed by atoms with E-state index in [1.165, 1.54) is 5.56 Å². The fourth-order valence-corrected chi connectivity index (χ4v) is 1.33. The van der Waals surface area contributed by atoms with Gasteiger partial charge in [-0.25, -0.2) is 0 Å². The first-order valence-electron chi connectivity index (χ1n) is 5.38. The summed E-state index contributed by atoms with van der Waals surface area (Å²) in [5.41, 5.74) is 13.2. The number of carbonyl (C=O) groups excluding carboxylic acids is 1. The Kier molecular flexibility index (Phi) is 5.37. The highest BCUT2D eigenvalue weighted by Crippen LogP contribution is 2.05. The lowest BCUT2D eigenvalue weighted by atomic mass is 10.1. The number of carbonyl (C=O) groups is 1. The number of hydrogen-bond acceptors (Lipinski definition) is 3. The Morgan fingerprint density at radius 2 is 1.88 bits per heavy atom. The van der Waals surface area contributed by atoms with E-state index in [1.54, 1.807) is 12.2 Å². The van der Waals surface area contributed by atoms with Crippen LogP contribution in [0.1, 0.15) is 12.0 Å². The van der Waals surface area contributed by atoms with Gasteiger partial charge in [0, 0.05) is 5.70 Å². The van der Waals surface area contributed by atoms with Gasteiger partial charge in [-0.1, -0.05) is 30.3 Å². The van der Waals surface area contributed by atoms with Crippen molar-refractivity contribution < 1.29 is 4.79 Å². The zero-order valence-corrected chi connectivity index (χ0v) is 9.60. The molecule has 0 aliphatic carbocycles. The highest BCUT2D eigenvalue weighted by atomic mass is 16.1. The molecule has 17 heavy (non-hydrogen) atoms. The van der Waals surface area contributed by atoms with Crippen LogP contribution in [0.2, 0.25) is 0 Å². The zero-order valence-electron chi connectivity index (χ0n) is 9.60. The third kappa shape index (κ3) is 5.41. The number of allylic oxidation sites excluding steroid dienone is 3. The van der Waals surface area contributed by atoms with E-state index >= 15 is 0 Å². The van der Waals surface area contributed by atoms with Crippen LogP contribution in [0.4, 0.5) is 0 Å². The quantitative estimate of drug-likeness (QED) is 0.505. The third-order valence-electron chi connectivity index (χ3n) is 2.25. The minimum Gasteiger partial charge on any atom is -0.402 e. The van der Waals surface area contributed by atoms with E-state index in [2.05, 4.69) is 17.4 Å². The van der Waals surface area contributed by atoms with Crippen LogP contribution in [0.3, 0.4) is 0 Å². The Bertz CT molecular complexity index is 410. The number of hydrogen-bond donors (Lipinski definition) is 3. The van der Waals surface area contributed by atoms with Gasteiger partial charge < -0.3 is 16.8 Å². The molecule has 0 spiro atoms. The van der Waals surface area contributed by atoms with Gasteiger partial charge in [-0.3, -0.25) is 4.79 Å². The largest absolute Gasteiger partial charge is 0.402 e. The van der Waals surface area contributed by atoms with Crippen LogP contribution in [0.5, 0.6) is 0 Å². The number of benzene rings is 1. The summed E-state index contributed by atoms with van der Waals surface area (Å²) in [7, 11) is 0. The van der Waals surface area contributed by atoms with Crippen LogP contribution < -0.4 is 16.8 Å². The maximum absolute atomic E-state index is 10.1. The lowest BCUT2D eigenvalue weighted by molar-refractivity contribution is -0.108. The van der Waals surface area contributed by atoms with Gasteiger partial charge in [0.05, 0.1) is 0 Å². The maximum Gasteiger partial charge on any atom is 0.212 e. The standard InChI is InChI=1S/C13H17N3O/c14-12(8-9-13(15)16-10-17)7-6-11-4-2-1-3-5-11/h1-5,8-10H,6-7,14-15H2,(H,16,17)/b12-8-,13-9+. The number of aryl methyl sites for hydroxylation is 1. The molecule has 0 atom stereocenters. The van der Waals surface area contributed by atoms with E-state index in [-0.39, 0.29) is 5.82 Å². The highest BCUT2D eigenvalue weighted by Gasteiger charge is 1.93. The molecule has 1 rings (SSSR count). The predicted octanol–water partition coefficient (Wildman–Crippen LogP) is 1.01. The highest BCUT2D eigenvalue weighted by molar-refractivity contribution is 5.49. The van der Waals surface area contributed by atoms with Gasteiger partial charge in [-0.2, -0.15) is 0 Å². The molecule has 0 radical (unpaired) electrons. The molecule has 5 N–H and O–H groups in total. The number of nitrogens with one attached hydrogen (secondary N) is 1. The van der Waals surface area contributed by atoms with Gasteiger partial charge in [0.2, 0.25) is 6.41 Å². The average Bonchev–Trinajstić information content (AvgIpc) is 2.35. The van der Waals surface area contributed by atoms with Gasteiger partial charge in [0.1, 0.15) is 5.82 Å². The van der Waals surface area contributed by atoms with Crippen molar-refractivity contribution in [2.75, 3.05) is 0 Å². The summed E-state index contributed by atoms with van der Waals surface area (Å²) in [6, 6.07) is 10.1. The Morgan fingerprint density at radius 1 is 1.18 bits per heavy atom. The molecule has 4 heteroatoms. The molecular weight excluding hydrogens is 214 g/mol. The average molecular weight is 231 g/mol. The second kappa shape index (κ2) is 7.11. The van der Waals surface area contributed by atoms with Crippen LogP contribution in [-0.2, 0) is 11.2 Å². The van der Waals surface area contributed by atoms with Crippen molar-refractivity contribution >= 4 is 6.41 Å². The van der Waals surface area contributed by atoms with Crippen molar-refractivity contribution in [2.45, 2.75) is 12.8 Å². The first-order chi connectivity index (χ1) is 8.22. The summed E-state index contributed by atoms with van der Waals surface area (Å²) >= 11 is 0. The van der Waals surface area contributed by atoms with E-state index in [1.807, 2.05) is 18.2 Å². The summed E-state index contributed by atoms with van der Waals surface area (Å²) in [6.07, 6.45) is 5.45. The molecule has 0 saturated carbocycles. The van der Waals surface area contributed by atoms with Crippen LogP contribution in [0, 0.1) is 0 Å². The molecular formula is C13H17N3O. The molecule has 90 valence electrons. The van der Waals surface area contributed by atoms with Crippen molar-refractivity contribution in [3.05, 3.63) is 59.6 Å². The summed E-state index contributed by atoms with van der Waals surface area (Å²) in [5.74, 6) is 0.280. The molecule has 1 amide bonds. The minimum atomic E-state index is 0.280. The van der Waals surface area contributed by atoms with E-state index in [0.717, 1.165) is 18.5 Å². The van der Waals surface area contributed by atoms with Crippen molar-refractivity contribution in [3.63, 3.8) is 0 Å². The molecule has 0 fully saturated rings. The SMILES string of the molecule is N/C(=C\C=C(/N)NC=O)CCc1ccccc1. The molecule has 1 aromatic rings. The van der Waals surface area contributed by atoms with Gasteiger partial charge in [0.15, 0.2) is 0 Å². The Labute approximate surface area is 101 Å². The fraction of sp³-hybridized carbons (Fsp3) is 0.154. The zero-order chi connectivity index (χ0) is 12.5. The van der Waals surface area contributed by atoms with Crippen LogP contribution in [0.25, 0.3) is 0 Å². The van der Waals surface area contributed by atoms with Gasteiger partial charge in [-0.15, -0.1) is 0 Å². The van der Waals surface area contributed by atoms with Crippen molar-refractivity contribution in [1.29, 1.82) is 0 Å². The summed E-state index contributed by atoms with van der Waals surface area (Å²) in [4.78, 5) is 10.1. The molecule has 0 aromatic heterocycles. The minimum absolute atomic E-state index is 0.280. The first-order valence-corrected chi connectivity index (χ1v) is 5.38. The van der Waals surface area contributed by atoms with Crippen LogP contribution in [-0.4, -0.2) is 6.41 Å². The lowest BCUT2D eigenvalue weighted by Gasteiger charge is -2.01. The molecule has 4 nitrogen and oxygen atoms in total. The Morgan fingerprint density at radius 3 is 2.53 bits per heavy atom. The van der Waals surface area contributed by atoms with Crippen molar-refractivity contribution in [2.24, 2.45) is 11.5 Å². The molecule has 0 saturated heterocycles. The second-order valence-electron chi connectivity index (χ2n) is 3.61. The van der Waals surface area contributed by atoms with E-state index in [9.17, 15) is 4.79 Å². The Balaban J connectivity index is 2.44. The molecule has 0 unspecified atom stereocenters. The third-order valence-corrected chi connectivity index (χ3v) is 2.25. The van der Waals surface area contributed by atoms with Gasteiger partial charge in [-0.05, 0) is 30.6 Å². The van der Waals surface area contributed by atoms with Crippen molar-refractivity contribution in [3.8, 4) is 0 Å². The lowest BCUT2D eigenvalue weighted by Crippen LogP contribution is -2.17. The summed E-state index contributed by atoms with van der Waals surface area (Å²) < 4.78 is 0. The van der Waals surface area contributed by atoms with Crippen LogP contribution in [0.15, 0.2) is 54.0 Å². The molecule has 0 aliphatic rings. The first kappa shape index (κ1) is 12.8. The van der Waals surface area contributed by atoms with E-state index < -0.39 is 0 Å². The van der Waals surface area contributed by atoms with Gasteiger partial charge in [0.25, 0.3) is 0 Å². The smallest absolute Gasteiger partial charge is 0.212 e. The number of nitrogens with two attached hydrogens (primary N) is 2. The maximum atomic E-state index is 10.1. The van der Waals surface area contributed by atoms with E-state index in [4.69, 9.17) is 11.5 Å². The summed E-state index contributed by atoms with van der Waals surface area (Å²) in [6.45, 7) is 0. The van der Waals surface area contributed by atoms with Crippen molar-refractivity contribution in [1.82, 2.24) is 5.32 Å². The normalized spacial score (nSPS) is 12.2. The predicted molar refractivity (Wildman–Crippen MR) is 68.5 cm³/mol. The summed E-state index contributed by atoms with van der Waals surface area (Å²) in [5, 5.41) is 2.33. The Hall–Kier alpha value is -2.23. The number of rotatable bonds is 6. The molecule has 0 aliphatic heterocycles. The fourth-order valence-electron chi connectivity index (χ4n) is 1.33. The second-order valence-corrected chi connectivity index (χ2v) is 3.61. The monoisotopic (exact) mass is 231 g/mol. The molecule has 0 heterocycles. The topological polar surface area (TPSA) is 81.1 Å². The number of amides is 1. The molecule has 1 aromatic carbocycles. The molecule has 0 bridgehead atoms.